The van der Waals surface area contributed by atoms with Gasteiger partial charge in [0, 0.05) is 17.8 Å². The second kappa shape index (κ2) is 5.82. The molecule has 142 valence electrons. The number of para-hydroxylation sites is 1. The summed E-state index contributed by atoms with van der Waals surface area (Å²) in [5, 5.41) is 9.64. The zero-order valence-corrected chi connectivity index (χ0v) is 15.9. The van der Waals surface area contributed by atoms with Gasteiger partial charge in [0.25, 0.3) is 10.1 Å². The third-order valence-electron chi connectivity index (χ3n) is 5.52. The normalized spacial score (nSPS) is 22.4. The van der Waals surface area contributed by atoms with E-state index < -0.39 is 21.3 Å². The number of nitrogens with zero attached hydrogens (tertiary/aromatic N) is 1. The van der Waals surface area contributed by atoms with E-state index in [0.717, 1.165) is 11.3 Å². The molecule has 2 aliphatic heterocycles. The van der Waals surface area contributed by atoms with Gasteiger partial charge in [0.15, 0.2) is 0 Å². The van der Waals surface area contributed by atoms with Crippen LogP contribution in [0.25, 0.3) is 6.08 Å². The van der Waals surface area contributed by atoms with E-state index in [9.17, 15) is 18.1 Å². The van der Waals surface area contributed by atoms with Gasteiger partial charge in [-0.15, -0.1) is 0 Å². The smallest absolute Gasteiger partial charge is 0.294 e. The Bertz CT molecular complexity index is 1040. The molecule has 1 atom stereocenters. The molecule has 2 aliphatic rings. The number of hydrogen-bond acceptors (Lipinski definition) is 5. The summed E-state index contributed by atoms with van der Waals surface area (Å²) in [6.45, 7) is 4.54. The van der Waals surface area contributed by atoms with Crippen molar-refractivity contribution in [3.05, 3.63) is 59.7 Å². The number of fused-ring (bicyclic) bond motifs is 2. The Balaban J connectivity index is 1.86. The molecule has 27 heavy (non-hydrogen) atoms. The van der Waals surface area contributed by atoms with Crippen molar-refractivity contribution in [1.29, 1.82) is 0 Å². The summed E-state index contributed by atoms with van der Waals surface area (Å²) < 4.78 is 38.6. The van der Waals surface area contributed by atoms with Crippen LogP contribution in [-0.4, -0.2) is 37.0 Å². The average molecular weight is 387 g/mol. The molecule has 2 aromatic rings. The summed E-state index contributed by atoms with van der Waals surface area (Å²) in [6, 6.07) is 12.3. The highest BCUT2D eigenvalue weighted by Gasteiger charge is 2.58. The van der Waals surface area contributed by atoms with Crippen LogP contribution in [0.5, 0.6) is 5.75 Å². The maximum atomic E-state index is 11.4. The molecule has 7 heteroatoms. The Morgan fingerprint density at radius 1 is 1.15 bits per heavy atom. The van der Waals surface area contributed by atoms with E-state index in [1.54, 1.807) is 6.07 Å². The predicted octanol–water partition coefficient (Wildman–Crippen LogP) is 2.83. The lowest BCUT2D eigenvalue weighted by atomic mass is 9.76. The zero-order chi connectivity index (χ0) is 19.4. The molecule has 0 saturated carbocycles. The van der Waals surface area contributed by atoms with Gasteiger partial charge in [-0.05, 0) is 55.8 Å². The molecule has 0 unspecified atom stereocenters. The Hall–Kier alpha value is -2.35. The van der Waals surface area contributed by atoms with Gasteiger partial charge < -0.3 is 14.7 Å². The first-order valence-electron chi connectivity index (χ1n) is 8.68. The van der Waals surface area contributed by atoms with E-state index >= 15 is 0 Å². The first kappa shape index (κ1) is 18.0. The van der Waals surface area contributed by atoms with Gasteiger partial charge >= 0.3 is 0 Å². The Morgan fingerprint density at radius 3 is 2.59 bits per heavy atom. The Morgan fingerprint density at radius 2 is 1.89 bits per heavy atom. The number of ether oxygens (including phenoxy) is 1. The molecule has 4 rings (SSSR count). The number of β-amino-alcohol motifs (C(OH)–C–C–N with tert-alkyl or cyclic N) is 1. The van der Waals surface area contributed by atoms with Crippen molar-refractivity contribution < 1.29 is 22.8 Å². The number of benzene rings is 2. The van der Waals surface area contributed by atoms with Crippen molar-refractivity contribution in [2.24, 2.45) is 0 Å². The van der Waals surface area contributed by atoms with Crippen molar-refractivity contribution in [1.82, 2.24) is 0 Å². The summed E-state index contributed by atoms with van der Waals surface area (Å²) >= 11 is 0. The van der Waals surface area contributed by atoms with Crippen LogP contribution in [0.1, 0.15) is 25.0 Å². The SMILES string of the molecule is CC1(C)c2ccccc2N(CCO)[C@@]12C=Cc1cc(S(=O)(=O)O)ccc1O2. The van der Waals surface area contributed by atoms with Gasteiger partial charge in [0.2, 0.25) is 5.72 Å². The number of aliphatic hydroxyl groups excluding tert-OH is 1. The number of hydrogen-bond donors (Lipinski definition) is 2. The second-order valence-electron chi connectivity index (χ2n) is 7.32. The summed E-state index contributed by atoms with van der Waals surface area (Å²) in [5.74, 6) is 0.522. The van der Waals surface area contributed by atoms with E-state index in [2.05, 4.69) is 19.9 Å². The van der Waals surface area contributed by atoms with Crippen LogP contribution >= 0.6 is 0 Å². The van der Waals surface area contributed by atoms with E-state index in [4.69, 9.17) is 4.74 Å². The molecule has 2 aromatic carbocycles. The lowest BCUT2D eigenvalue weighted by Crippen LogP contribution is -2.60. The minimum absolute atomic E-state index is 0.0298. The van der Waals surface area contributed by atoms with Crippen molar-refractivity contribution in [2.45, 2.75) is 29.9 Å². The fraction of sp³-hybridized carbons (Fsp3) is 0.300. The van der Waals surface area contributed by atoms with E-state index in [1.165, 1.54) is 12.1 Å². The molecule has 0 aromatic heterocycles. The van der Waals surface area contributed by atoms with Crippen LogP contribution in [0.15, 0.2) is 53.4 Å². The van der Waals surface area contributed by atoms with Crippen molar-refractivity contribution >= 4 is 21.9 Å². The van der Waals surface area contributed by atoms with Crippen LogP contribution in [0, 0.1) is 0 Å². The highest BCUT2D eigenvalue weighted by atomic mass is 32.2. The first-order valence-corrected chi connectivity index (χ1v) is 10.1. The standard InChI is InChI=1S/C20H21NO5S/c1-19(2)16-5-3-4-6-17(16)21(11-12-22)20(19)10-9-14-13-15(27(23,24)25)7-8-18(14)26-20/h3-10,13,22H,11-12H2,1-2H3,(H,23,24,25)/t20-/m1/s1. The van der Waals surface area contributed by atoms with Crippen LogP contribution in [0.4, 0.5) is 5.69 Å². The fourth-order valence-electron chi connectivity index (χ4n) is 4.13. The molecule has 0 bridgehead atoms. The minimum Gasteiger partial charge on any atom is -0.463 e. The van der Waals surface area contributed by atoms with Crippen LogP contribution in [0.3, 0.4) is 0 Å². The zero-order valence-electron chi connectivity index (χ0n) is 15.1. The van der Waals surface area contributed by atoms with E-state index in [0.29, 0.717) is 17.9 Å². The molecule has 2 N–H and O–H groups in total. The summed E-state index contributed by atoms with van der Waals surface area (Å²) in [7, 11) is -4.28. The van der Waals surface area contributed by atoms with Crippen molar-refractivity contribution in [2.75, 3.05) is 18.1 Å². The maximum Gasteiger partial charge on any atom is 0.294 e. The van der Waals surface area contributed by atoms with Gasteiger partial charge in [0.1, 0.15) is 5.75 Å². The summed E-state index contributed by atoms with van der Waals surface area (Å²) in [4.78, 5) is 1.87. The van der Waals surface area contributed by atoms with E-state index in [1.807, 2.05) is 35.3 Å². The summed E-state index contributed by atoms with van der Waals surface area (Å²) in [6.07, 6.45) is 3.71. The van der Waals surface area contributed by atoms with E-state index in [-0.39, 0.29) is 11.5 Å². The molecule has 6 nitrogen and oxygen atoms in total. The highest BCUT2D eigenvalue weighted by Crippen LogP contribution is 2.54. The molecule has 0 fully saturated rings. The molecule has 1 spiro atoms. The first-order chi connectivity index (χ1) is 12.7. The minimum atomic E-state index is -4.28. The molecular formula is C20H21NO5S. The van der Waals surface area contributed by atoms with Gasteiger partial charge in [-0.2, -0.15) is 8.42 Å². The monoisotopic (exact) mass is 387 g/mol. The average Bonchev–Trinajstić information content (AvgIpc) is 2.80. The van der Waals surface area contributed by atoms with Crippen LogP contribution in [-0.2, 0) is 15.5 Å². The number of rotatable bonds is 3. The molecular weight excluding hydrogens is 366 g/mol. The predicted molar refractivity (Wildman–Crippen MR) is 103 cm³/mol. The maximum absolute atomic E-state index is 11.4. The third kappa shape index (κ3) is 2.50. The topological polar surface area (TPSA) is 87.1 Å². The lowest BCUT2D eigenvalue weighted by molar-refractivity contribution is 0.0504. The van der Waals surface area contributed by atoms with Gasteiger partial charge in [-0.1, -0.05) is 18.2 Å². The van der Waals surface area contributed by atoms with Gasteiger partial charge in [-0.25, -0.2) is 0 Å². The number of anilines is 1. The van der Waals surface area contributed by atoms with Crippen LogP contribution in [0.2, 0.25) is 0 Å². The Labute approximate surface area is 158 Å². The largest absolute Gasteiger partial charge is 0.463 e. The Kier molecular flexibility index (Phi) is 3.89. The van der Waals surface area contributed by atoms with Gasteiger partial charge in [-0.3, -0.25) is 4.55 Å². The van der Waals surface area contributed by atoms with Crippen molar-refractivity contribution in [3.63, 3.8) is 0 Å². The van der Waals surface area contributed by atoms with Crippen LogP contribution < -0.4 is 9.64 Å². The molecule has 0 radical (unpaired) electrons. The summed E-state index contributed by atoms with van der Waals surface area (Å²) in [5.41, 5.74) is 1.41. The molecule has 0 aliphatic carbocycles. The molecule has 0 saturated heterocycles. The van der Waals surface area contributed by atoms with Gasteiger partial charge in [0.05, 0.1) is 16.9 Å². The quantitative estimate of drug-likeness (QED) is 0.788. The highest BCUT2D eigenvalue weighted by molar-refractivity contribution is 7.85. The number of aliphatic hydroxyl groups is 1. The van der Waals surface area contributed by atoms with Crippen molar-refractivity contribution in [3.8, 4) is 5.75 Å². The lowest BCUT2D eigenvalue weighted by Gasteiger charge is -2.47. The molecule has 0 amide bonds. The fourth-order valence-corrected chi connectivity index (χ4v) is 4.64. The third-order valence-corrected chi connectivity index (χ3v) is 6.37. The second-order valence-corrected chi connectivity index (χ2v) is 8.75. The molecule has 2 heterocycles.